The summed E-state index contributed by atoms with van der Waals surface area (Å²) in [6.07, 6.45) is 1.04. The van der Waals surface area contributed by atoms with Crippen molar-refractivity contribution in [3.8, 4) is 0 Å². The van der Waals surface area contributed by atoms with Gasteiger partial charge in [-0.2, -0.15) is 0 Å². The minimum atomic E-state index is -0.0266. The van der Waals surface area contributed by atoms with Crippen LogP contribution in [-0.4, -0.2) is 20.1 Å². The maximum Gasteiger partial charge on any atom is 0.361 e. The van der Waals surface area contributed by atoms with E-state index in [1.165, 1.54) is 22.1 Å². The van der Waals surface area contributed by atoms with E-state index in [1.807, 2.05) is 12.1 Å². The van der Waals surface area contributed by atoms with Crippen LogP contribution < -0.4 is 16.2 Å². The molecule has 0 saturated carbocycles. The van der Waals surface area contributed by atoms with Crippen LogP contribution in [0, 0.1) is 0 Å². The molecule has 0 spiro atoms. The zero-order valence-electron chi connectivity index (χ0n) is 15.4. The molecule has 0 aliphatic heterocycles. The predicted octanol–water partition coefficient (Wildman–Crippen LogP) is 3.80. The van der Waals surface area contributed by atoms with Gasteiger partial charge in [-0.25, -0.2) is 0 Å². The lowest BCUT2D eigenvalue weighted by atomic mass is 9.55. The molecule has 0 atom stereocenters. The number of benzene rings is 3. The Hall–Kier alpha value is -2.36. The Morgan fingerprint density at radius 3 is 2.11 bits per heavy atom. The molecule has 1 N–H and O–H groups in total. The number of rotatable bonds is 9. The second kappa shape index (κ2) is 11.4. The van der Waals surface area contributed by atoms with E-state index in [2.05, 4.69) is 85.0 Å². The molecule has 0 aromatic heterocycles. The number of nitrogens with one attached hydrogen (secondary N) is 1. The van der Waals surface area contributed by atoms with Gasteiger partial charge in [-0.1, -0.05) is 99.3 Å². The Kier molecular flexibility index (Phi) is 8.83. The lowest BCUT2D eigenvalue weighted by Gasteiger charge is -2.16. The SMILES string of the molecule is C.CCc1cccc(B(OCCNCc2ccccc2)c2ccccc2)c1. The van der Waals surface area contributed by atoms with Gasteiger partial charge >= 0.3 is 6.92 Å². The number of hydrogen-bond donors (Lipinski definition) is 1. The minimum absolute atomic E-state index is 0. The fourth-order valence-electron chi connectivity index (χ4n) is 3.07. The summed E-state index contributed by atoms with van der Waals surface area (Å²) in [5.74, 6) is 0. The van der Waals surface area contributed by atoms with Gasteiger partial charge in [-0.05, 0) is 28.5 Å². The molecular weight excluding hydrogens is 329 g/mol. The highest BCUT2D eigenvalue weighted by Crippen LogP contribution is 2.01. The molecule has 0 aliphatic rings. The molecule has 0 bridgehead atoms. The molecule has 3 rings (SSSR count). The first-order chi connectivity index (χ1) is 12.9. The molecule has 0 radical (unpaired) electrons. The van der Waals surface area contributed by atoms with E-state index >= 15 is 0 Å². The fourth-order valence-corrected chi connectivity index (χ4v) is 3.07. The first-order valence-electron chi connectivity index (χ1n) is 9.37. The molecule has 0 amide bonds. The first-order valence-corrected chi connectivity index (χ1v) is 9.37. The van der Waals surface area contributed by atoms with Gasteiger partial charge in [0.2, 0.25) is 0 Å². The maximum absolute atomic E-state index is 6.29. The van der Waals surface area contributed by atoms with Gasteiger partial charge < -0.3 is 9.97 Å². The topological polar surface area (TPSA) is 21.3 Å². The Labute approximate surface area is 164 Å². The summed E-state index contributed by atoms with van der Waals surface area (Å²) in [7, 11) is 0. The third-order valence-electron chi connectivity index (χ3n) is 4.50. The average molecular weight is 359 g/mol. The van der Waals surface area contributed by atoms with Gasteiger partial charge in [-0.3, -0.25) is 0 Å². The normalized spacial score (nSPS) is 10.3. The van der Waals surface area contributed by atoms with Gasteiger partial charge in [0.1, 0.15) is 0 Å². The molecule has 3 heteroatoms. The molecule has 0 heterocycles. The van der Waals surface area contributed by atoms with E-state index in [4.69, 9.17) is 4.65 Å². The van der Waals surface area contributed by atoms with Crippen molar-refractivity contribution in [3.63, 3.8) is 0 Å². The zero-order valence-corrected chi connectivity index (χ0v) is 15.4. The van der Waals surface area contributed by atoms with E-state index < -0.39 is 0 Å². The average Bonchev–Trinajstić information content (AvgIpc) is 2.72. The van der Waals surface area contributed by atoms with Crippen LogP contribution in [-0.2, 0) is 17.6 Å². The van der Waals surface area contributed by atoms with Crippen LogP contribution in [0.3, 0.4) is 0 Å². The lowest BCUT2D eigenvalue weighted by Crippen LogP contribution is -2.46. The molecule has 0 fully saturated rings. The highest BCUT2D eigenvalue weighted by atomic mass is 16.4. The van der Waals surface area contributed by atoms with Gasteiger partial charge in [0.15, 0.2) is 0 Å². The summed E-state index contributed by atoms with van der Waals surface area (Å²) >= 11 is 0. The summed E-state index contributed by atoms with van der Waals surface area (Å²) in [4.78, 5) is 0. The number of hydrogen-bond acceptors (Lipinski definition) is 2. The largest absolute Gasteiger partial charge is 0.426 e. The van der Waals surface area contributed by atoms with Crippen LogP contribution in [0.25, 0.3) is 0 Å². The predicted molar refractivity (Wildman–Crippen MR) is 118 cm³/mol. The molecule has 27 heavy (non-hydrogen) atoms. The monoisotopic (exact) mass is 359 g/mol. The van der Waals surface area contributed by atoms with Crippen molar-refractivity contribution in [2.75, 3.05) is 13.2 Å². The van der Waals surface area contributed by atoms with Gasteiger partial charge in [0.05, 0.1) is 0 Å². The Morgan fingerprint density at radius 1 is 0.778 bits per heavy atom. The van der Waals surface area contributed by atoms with Crippen molar-refractivity contribution < 1.29 is 4.65 Å². The van der Waals surface area contributed by atoms with Crippen molar-refractivity contribution in [2.45, 2.75) is 27.3 Å². The number of aryl methyl sites for hydroxylation is 1. The van der Waals surface area contributed by atoms with Gasteiger partial charge in [-0.15, -0.1) is 0 Å². The van der Waals surface area contributed by atoms with Crippen LogP contribution in [0.5, 0.6) is 0 Å². The zero-order chi connectivity index (χ0) is 18.0. The van der Waals surface area contributed by atoms with E-state index in [9.17, 15) is 0 Å². The second-order valence-electron chi connectivity index (χ2n) is 6.42. The molecule has 0 saturated heterocycles. The highest BCUT2D eigenvalue weighted by Gasteiger charge is 2.21. The third kappa shape index (κ3) is 6.39. The molecule has 0 aliphatic carbocycles. The van der Waals surface area contributed by atoms with Crippen LogP contribution in [0.15, 0.2) is 84.9 Å². The highest BCUT2D eigenvalue weighted by molar-refractivity contribution is 6.80. The molecule has 3 aromatic rings. The smallest absolute Gasteiger partial charge is 0.361 e. The van der Waals surface area contributed by atoms with Crippen molar-refractivity contribution in [1.82, 2.24) is 5.32 Å². The standard InChI is InChI=1S/C23H26BNO.CH4/c1-2-20-12-9-15-23(18-20)24(22-13-7-4-8-14-22)26-17-16-25-19-21-10-5-3-6-11-21;/h3-15,18,25H,2,16-17,19H2,1H3;1H4. The summed E-state index contributed by atoms with van der Waals surface area (Å²) in [6, 6.07) is 29.6. The quantitative estimate of drug-likeness (QED) is 0.464. The van der Waals surface area contributed by atoms with Gasteiger partial charge in [0, 0.05) is 19.7 Å². The van der Waals surface area contributed by atoms with Crippen molar-refractivity contribution in [2.24, 2.45) is 0 Å². The van der Waals surface area contributed by atoms with Crippen molar-refractivity contribution in [1.29, 1.82) is 0 Å². The second-order valence-corrected chi connectivity index (χ2v) is 6.42. The van der Waals surface area contributed by atoms with Crippen LogP contribution in [0.1, 0.15) is 25.5 Å². The first kappa shape index (κ1) is 21.0. The van der Waals surface area contributed by atoms with E-state index in [0.29, 0.717) is 6.61 Å². The van der Waals surface area contributed by atoms with Crippen molar-refractivity contribution in [3.05, 3.63) is 96.1 Å². The molecule has 3 aromatic carbocycles. The fraction of sp³-hybridized carbons (Fsp3) is 0.250. The molecule has 2 nitrogen and oxygen atoms in total. The van der Waals surface area contributed by atoms with Crippen LogP contribution in [0.2, 0.25) is 0 Å². The van der Waals surface area contributed by atoms with Gasteiger partial charge in [0.25, 0.3) is 0 Å². The summed E-state index contributed by atoms with van der Waals surface area (Å²) in [5.41, 5.74) is 5.06. The summed E-state index contributed by atoms with van der Waals surface area (Å²) in [5, 5.41) is 3.46. The van der Waals surface area contributed by atoms with E-state index in [0.717, 1.165) is 19.5 Å². The molecule has 140 valence electrons. The molecule has 0 unspecified atom stereocenters. The lowest BCUT2D eigenvalue weighted by molar-refractivity contribution is 0.328. The van der Waals surface area contributed by atoms with Crippen LogP contribution >= 0.6 is 0 Å². The molecular formula is C24H30BNO. The third-order valence-corrected chi connectivity index (χ3v) is 4.50. The van der Waals surface area contributed by atoms with Crippen molar-refractivity contribution >= 4 is 17.8 Å². The summed E-state index contributed by atoms with van der Waals surface area (Å²) in [6.45, 7) is 4.52. The Morgan fingerprint density at radius 2 is 1.41 bits per heavy atom. The Balaban J connectivity index is 0.00000261. The maximum atomic E-state index is 6.29. The minimum Gasteiger partial charge on any atom is -0.426 e. The Bertz CT molecular complexity index is 777. The van der Waals surface area contributed by atoms with Crippen LogP contribution in [0.4, 0.5) is 0 Å². The van der Waals surface area contributed by atoms with E-state index in [-0.39, 0.29) is 14.3 Å². The summed E-state index contributed by atoms with van der Waals surface area (Å²) < 4.78 is 6.29. The van der Waals surface area contributed by atoms with E-state index in [1.54, 1.807) is 0 Å².